The number of anilines is 2. The number of carbonyl (C=O) groups excluding carboxylic acids is 1. The first kappa shape index (κ1) is 29.3. The van der Waals surface area contributed by atoms with E-state index in [2.05, 4.69) is 39.3 Å². The number of nitrogens with one attached hydrogen (secondary N) is 2. The normalized spacial score (nSPS) is 14.8. The quantitative estimate of drug-likeness (QED) is 0.214. The van der Waals surface area contributed by atoms with Crippen LogP contribution in [-0.2, 0) is 9.53 Å². The van der Waals surface area contributed by atoms with Gasteiger partial charge in [0.2, 0.25) is 5.91 Å². The van der Waals surface area contributed by atoms with Crippen LogP contribution in [0.15, 0.2) is 48.8 Å². The molecule has 1 aliphatic rings. The molecule has 2 N–H and O–H groups in total. The van der Waals surface area contributed by atoms with Crippen molar-refractivity contribution in [3.8, 4) is 11.5 Å². The van der Waals surface area contributed by atoms with Gasteiger partial charge in [0.15, 0.2) is 11.5 Å². The van der Waals surface area contributed by atoms with Gasteiger partial charge >= 0.3 is 0 Å². The van der Waals surface area contributed by atoms with Crippen molar-refractivity contribution in [1.82, 2.24) is 20.2 Å². The Morgan fingerprint density at radius 3 is 2.70 bits per heavy atom. The lowest BCUT2D eigenvalue weighted by molar-refractivity contribution is -0.116. The smallest absolute Gasteiger partial charge is 0.244 e. The van der Waals surface area contributed by atoms with E-state index in [-0.39, 0.29) is 5.91 Å². The van der Waals surface area contributed by atoms with Crippen LogP contribution in [0.25, 0.3) is 17.0 Å². The van der Waals surface area contributed by atoms with Gasteiger partial charge in [-0.05, 0) is 48.6 Å². The van der Waals surface area contributed by atoms with Crippen LogP contribution >= 0.6 is 0 Å². The second-order valence-corrected chi connectivity index (χ2v) is 10.1. The molecule has 1 aromatic heterocycles. The molecule has 1 amide bonds. The summed E-state index contributed by atoms with van der Waals surface area (Å²) in [5.41, 5.74) is 2.57. The van der Waals surface area contributed by atoms with E-state index in [1.807, 2.05) is 42.5 Å². The molecule has 0 aliphatic carbocycles. The van der Waals surface area contributed by atoms with Crippen molar-refractivity contribution in [1.29, 1.82) is 0 Å². The second-order valence-electron chi connectivity index (χ2n) is 10.1. The molecule has 0 radical (unpaired) electrons. The number of rotatable bonds is 14. The molecule has 2 aromatic carbocycles. The second kappa shape index (κ2) is 15.2. The maximum absolute atomic E-state index is 12.1. The molecule has 2 heterocycles. The first-order chi connectivity index (χ1) is 19.6. The molecule has 1 saturated heterocycles. The van der Waals surface area contributed by atoms with E-state index in [1.165, 1.54) is 6.33 Å². The number of nitrogens with zero attached hydrogens (tertiary/aromatic N) is 3. The Kier molecular flexibility index (Phi) is 11.1. The largest absolute Gasteiger partial charge is 0.493 e. The Labute approximate surface area is 236 Å². The molecule has 214 valence electrons. The Morgan fingerprint density at radius 2 is 1.95 bits per heavy atom. The zero-order valence-corrected chi connectivity index (χ0v) is 23.8. The third-order valence-corrected chi connectivity index (χ3v) is 6.91. The highest BCUT2D eigenvalue weighted by Crippen LogP contribution is 2.34. The van der Waals surface area contributed by atoms with Crippen molar-refractivity contribution in [3.05, 3.63) is 54.4 Å². The van der Waals surface area contributed by atoms with Crippen LogP contribution in [-0.4, -0.2) is 73.9 Å². The number of morpholine rings is 1. The summed E-state index contributed by atoms with van der Waals surface area (Å²) >= 11 is 0. The van der Waals surface area contributed by atoms with Gasteiger partial charge in [-0.15, -0.1) is 0 Å². The first-order valence-corrected chi connectivity index (χ1v) is 14.1. The summed E-state index contributed by atoms with van der Waals surface area (Å²) in [5, 5.41) is 7.17. The molecule has 0 bridgehead atoms. The number of ether oxygens (including phenoxy) is 3. The molecule has 0 saturated carbocycles. The molecule has 3 aromatic rings. The molecule has 0 spiro atoms. The van der Waals surface area contributed by atoms with Gasteiger partial charge in [-0.25, -0.2) is 9.97 Å². The molecular formula is C31H41N5O4. The molecule has 1 unspecified atom stereocenters. The highest BCUT2D eigenvalue weighted by molar-refractivity contribution is 5.93. The zero-order chi connectivity index (χ0) is 28.2. The third kappa shape index (κ3) is 8.66. The highest BCUT2D eigenvalue weighted by Gasteiger charge is 2.13. The van der Waals surface area contributed by atoms with Gasteiger partial charge in [0.1, 0.15) is 12.1 Å². The van der Waals surface area contributed by atoms with Gasteiger partial charge in [0.05, 0.1) is 32.4 Å². The molecule has 1 fully saturated rings. The third-order valence-electron chi connectivity index (χ3n) is 6.91. The number of hydrogen-bond acceptors (Lipinski definition) is 8. The van der Waals surface area contributed by atoms with Crippen LogP contribution in [0, 0.1) is 5.92 Å². The summed E-state index contributed by atoms with van der Waals surface area (Å²) < 4.78 is 17.1. The number of amides is 1. The Bertz CT molecular complexity index is 1260. The minimum atomic E-state index is -0.0768. The zero-order valence-electron chi connectivity index (χ0n) is 23.8. The van der Waals surface area contributed by atoms with E-state index >= 15 is 0 Å². The number of hydrogen-bond donors (Lipinski definition) is 2. The van der Waals surface area contributed by atoms with Crippen molar-refractivity contribution in [2.45, 2.75) is 33.1 Å². The molecule has 9 nitrogen and oxygen atoms in total. The number of aromatic nitrogens is 2. The average molecular weight is 548 g/mol. The van der Waals surface area contributed by atoms with E-state index < -0.39 is 0 Å². The summed E-state index contributed by atoms with van der Waals surface area (Å²) in [6.45, 7) is 10.1. The van der Waals surface area contributed by atoms with Gasteiger partial charge in [-0.1, -0.05) is 32.4 Å². The topological polar surface area (TPSA) is 97.8 Å². The molecule has 1 atom stereocenters. The average Bonchev–Trinajstić information content (AvgIpc) is 2.98. The van der Waals surface area contributed by atoms with Gasteiger partial charge in [-0.3, -0.25) is 9.69 Å². The lowest BCUT2D eigenvalue weighted by atomic mass is 10.1. The van der Waals surface area contributed by atoms with Gasteiger partial charge in [-0.2, -0.15) is 0 Å². The van der Waals surface area contributed by atoms with E-state index in [4.69, 9.17) is 14.2 Å². The molecule has 1 aliphatic heterocycles. The van der Waals surface area contributed by atoms with Crippen molar-refractivity contribution >= 4 is 34.4 Å². The Morgan fingerprint density at radius 1 is 1.15 bits per heavy atom. The minimum absolute atomic E-state index is 0.0768. The van der Waals surface area contributed by atoms with E-state index in [9.17, 15) is 4.79 Å². The fraction of sp³-hybridized carbons (Fsp3) is 0.452. The maximum Gasteiger partial charge on any atom is 0.244 e. The maximum atomic E-state index is 12.1. The summed E-state index contributed by atoms with van der Waals surface area (Å²) in [6.07, 6.45) is 8.08. The monoisotopic (exact) mass is 547 g/mol. The number of benzene rings is 2. The summed E-state index contributed by atoms with van der Waals surface area (Å²) in [7, 11) is 1.64. The van der Waals surface area contributed by atoms with Crippen LogP contribution in [0.1, 0.15) is 38.7 Å². The molecule has 9 heteroatoms. The SMILES string of the molecule is CCCC(C)CNC(=O)C=Cc1ccc(Nc2ncnc3cc(OCCCN4CCOCC4)c(OC)cc23)cc1. The van der Waals surface area contributed by atoms with Crippen molar-refractivity contribution < 1.29 is 19.0 Å². The predicted molar refractivity (Wildman–Crippen MR) is 159 cm³/mol. The number of fused-ring (bicyclic) bond motifs is 1. The lowest BCUT2D eigenvalue weighted by Gasteiger charge is -2.26. The Hall–Kier alpha value is -3.69. The summed E-state index contributed by atoms with van der Waals surface area (Å²) in [4.78, 5) is 23.4. The van der Waals surface area contributed by atoms with Gasteiger partial charge in [0, 0.05) is 49.4 Å². The van der Waals surface area contributed by atoms with Crippen molar-refractivity contribution in [2.24, 2.45) is 5.92 Å². The van der Waals surface area contributed by atoms with Gasteiger partial charge in [0.25, 0.3) is 0 Å². The number of carbonyl (C=O) groups is 1. The standard InChI is InChI=1S/C31H41N5O4/c1-4-6-23(2)21-32-30(37)12-9-24-7-10-25(11-8-24)35-31-26-19-28(38-3)29(20-27(26)33-22-34-31)40-16-5-13-36-14-17-39-18-15-36/h7-12,19-20,22-23H,4-6,13-18,21H2,1-3H3,(H,32,37)(H,33,34,35). The summed E-state index contributed by atoms with van der Waals surface area (Å²) in [6, 6.07) is 11.6. The van der Waals surface area contributed by atoms with Crippen LogP contribution in [0.5, 0.6) is 11.5 Å². The highest BCUT2D eigenvalue weighted by atomic mass is 16.5. The fourth-order valence-corrected chi connectivity index (χ4v) is 4.65. The fourth-order valence-electron chi connectivity index (χ4n) is 4.65. The molecule has 40 heavy (non-hydrogen) atoms. The van der Waals surface area contributed by atoms with Crippen LogP contribution in [0.2, 0.25) is 0 Å². The van der Waals surface area contributed by atoms with E-state index in [0.717, 1.165) is 74.3 Å². The predicted octanol–water partition coefficient (Wildman–Crippen LogP) is 5.05. The molecular weight excluding hydrogens is 506 g/mol. The minimum Gasteiger partial charge on any atom is -0.493 e. The van der Waals surface area contributed by atoms with Crippen LogP contribution < -0.4 is 20.1 Å². The van der Waals surface area contributed by atoms with Crippen LogP contribution in [0.3, 0.4) is 0 Å². The van der Waals surface area contributed by atoms with E-state index in [0.29, 0.717) is 36.4 Å². The Balaban J connectivity index is 1.36. The van der Waals surface area contributed by atoms with Crippen LogP contribution in [0.4, 0.5) is 11.5 Å². The summed E-state index contributed by atoms with van der Waals surface area (Å²) in [5.74, 6) is 2.38. The van der Waals surface area contributed by atoms with Crippen molar-refractivity contribution in [3.63, 3.8) is 0 Å². The lowest BCUT2D eigenvalue weighted by Crippen LogP contribution is -2.37. The van der Waals surface area contributed by atoms with Gasteiger partial charge < -0.3 is 24.8 Å². The molecule has 4 rings (SSSR count). The first-order valence-electron chi connectivity index (χ1n) is 14.1. The number of methoxy groups -OCH3 is 1. The van der Waals surface area contributed by atoms with E-state index in [1.54, 1.807) is 13.2 Å². The van der Waals surface area contributed by atoms with Crippen molar-refractivity contribution in [2.75, 3.05) is 58.4 Å².